The van der Waals surface area contributed by atoms with Crippen molar-refractivity contribution in [1.82, 2.24) is 21.6 Å². The van der Waals surface area contributed by atoms with Crippen molar-refractivity contribution in [3.8, 4) is 0 Å². The van der Waals surface area contributed by atoms with E-state index in [9.17, 15) is 19.8 Å². The fraction of sp³-hybridized carbons (Fsp3) is 0.889. The number of rotatable bonds is 0. The second-order valence-electron chi connectivity index (χ2n) is 10.2. The first-order valence-electron chi connectivity index (χ1n) is 9.63. The van der Waals surface area contributed by atoms with Gasteiger partial charge in [0, 0.05) is 31.9 Å². The van der Waals surface area contributed by atoms with Gasteiger partial charge in [-0.15, -0.1) is 11.0 Å². The Morgan fingerprint density at radius 1 is 0.759 bits per heavy atom. The number of carbonyl (C=O) groups is 2. The summed E-state index contributed by atoms with van der Waals surface area (Å²) in [5, 5.41) is 28.5. The molecule has 3 fully saturated rings. The Bertz CT molecular complexity index is 637. The monoisotopic (exact) mass is 595 g/mol. The minimum absolute atomic E-state index is 0. The van der Waals surface area contributed by atoms with E-state index in [1.54, 1.807) is 41.5 Å². The first-order chi connectivity index (χ1) is 12.6. The molecular weight excluding hydrogens is 563 g/mol. The van der Waals surface area contributed by atoms with Gasteiger partial charge in [0.1, 0.15) is 11.3 Å². The molecule has 4 atom stereocenters. The van der Waals surface area contributed by atoms with E-state index in [1.165, 1.54) is 0 Å². The Labute approximate surface area is 185 Å². The SMILES string of the molecule is CC(C)(C)C1(O)N[C@]2(CCCC[C@]23NOC(=O)[C@@](O)(C(C)(C)C)N3)NOC1=O.[Pt]. The molecule has 2 saturated heterocycles. The van der Waals surface area contributed by atoms with E-state index in [0.29, 0.717) is 12.8 Å². The maximum absolute atomic E-state index is 12.4. The quantitative estimate of drug-likeness (QED) is 0.222. The van der Waals surface area contributed by atoms with Gasteiger partial charge >= 0.3 is 11.9 Å². The number of carbonyl (C=O) groups excluding carboxylic acids is 2. The van der Waals surface area contributed by atoms with Crippen molar-refractivity contribution in [2.24, 2.45) is 10.8 Å². The summed E-state index contributed by atoms with van der Waals surface area (Å²) < 4.78 is 0. The molecule has 11 heteroatoms. The Balaban J connectivity index is 0.00000300. The Morgan fingerprint density at radius 3 is 1.34 bits per heavy atom. The van der Waals surface area contributed by atoms with Crippen LogP contribution in [0.5, 0.6) is 0 Å². The van der Waals surface area contributed by atoms with Gasteiger partial charge in [0.2, 0.25) is 11.4 Å². The van der Waals surface area contributed by atoms with Crippen LogP contribution < -0.4 is 21.6 Å². The smallest absolute Gasteiger partial charge is 0.366 e. The molecule has 2 aliphatic heterocycles. The summed E-state index contributed by atoms with van der Waals surface area (Å²) in [7, 11) is 0. The van der Waals surface area contributed by atoms with Crippen LogP contribution in [0.25, 0.3) is 0 Å². The third kappa shape index (κ3) is 3.46. The van der Waals surface area contributed by atoms with Gasteiger partial charge in [-0.3, -0.25) is 10.6 Å². The molecule has 6 N–H and O–H groups in total. The summed E-state index contributed by atoms with van der Waals surface area (Å²) in [5.41, 5.74) is -2.85. The van der Waals surface area contributed by atoms with Crippen LogP contribution in [0.4, 0.5) is 0 Å². The normalized spacial score (nSPS) is 41.0. The van der Waals surface area contributed by atoms with E-state index in [-0.39, 0.29) is 21.1 Å². The first-order valence-corrected chi connectivity index (χ1v) is 9.63. The maximum Gasteiger partial charge on any atom is 0.372 e. The number of hydrogen-bond acceptors (Lipinski definition) is 10. The predicted octanol–water partition coefficient (Wildman–Crippen LogP) is -0.278. The van der Waals surface area contributed by atoms with Gasteiger partial charge in [-0.2, -0.15) is 0 Å². The molecule has 2 heterocycles. The fourth-order valence-electron chi connectivity index (χ4n) is 3.99. The molecular formula is C18H32N4O6Pt. The largest absolute Gasteiger partial charge is 0.372 e. The van der Waals surface area contributed by atoms with Crippen LogP contribution in [0.3, 0.4) is 0 Å². The standard InChI is InChI=1S/C18H32N4O6.Pt/c1-13(2,3)17(25)11(23)27-21-15(19-17)9-7-8-10-16(15)20-18(26,14(4,5)6)12(24)28-22-16;/h19-22,25-26H,7-10H2,1-6H3;/t15-,16+,17+,18?;/m0./s1. The van der Waals surface area contributed by atoms with Crippen LogP contribution in [0.1, 0.15) is 67.2 Å². The van der Waals surface area contributed by atoms with Crippen molar-refractivity contribution >= 4 is 11.9 Å². The van der Waals surface area contributed by atoms with Crippen LogP contribution in [0.2, 0.25) is 0 Å². The minimum Gasteiger partial charge on any atom is -0.366 e. The average Bonchev–Trinajstić information content (AvgIpc) is 2.56. The molecule has 0 radical (unpaired) electrons. The summed E-state index contributed by atoms with van der Waals surface area (Å²) in [5.74, 6) is -1.71. The Kier molecular flexibility index (Phi) is 6.14. The first kappa shape index (κ1) is 24.7. The van der Waals surface area contributed by atoms with Gasteiger partial charge in [0.15, 0.2) is 0 Å². The van der Waals surface area contributed by atoms with Crippen LogP contribution in [-0.4, -0.2) is 44.9 Å². The van der Waals surface area contributed by atoms with Gasteiger partial charge < -0.3 is 19.9 Å². The van der Waals surface area contributed by atoms with E-state index in [0.717, 1.165) is 12.8 Å². The zero-order valence-electron chi connectivity index (χ0n) is 17.7. The third-order valence-electron chi connectivity index (χ3n) is 6.27. The van der Waals surface area contributed by atoms with Crippen molar-refractivity contribution in [1.29, 1.82) is 0 Å². The molecule has 2 spiro atoms. The van der Waals surface area contributed by atoms with E-state index >= 15 is 0 Å². The second-order valence-corrected chi connectivity index (χ2v) is 10.2. The molecule has 170 valence electrons. The molecule has 3 rings (SSSR count). The molecule has 1 saturated carbocycles. The fourth-order valence-corrected chi connectivity index (χ4v) is 3.99. The molecule has 10 nitrogen and oxygen atoms in total. The molecule has 0 aromatic carbocycles. The molecule has 1 aliphatic carbocycles. The summed E-state index contributed by atoms with van der Waals surface area (Å²) in [6, 6.07) is 0. The molecule has 3 aliphatic rings. The molecule has 0 amide bonds. The zero-order chi connectivity index (χ0) is 21.2. The van der Waals surface area contributed by atoms with Crippen LogP contribution in [0, 0.1) is 10.8 Å². The van der Waals surface area contributed by atoms with Crippen molar-refractivity contribution in [3.05, 3.63) is 0 Å². The topological polar surface area (TPSA) is 141 Å². The number of nitrogens with one attached hydrogen (secondary N) is 4. The van der Waals surface area contributed by atoms with Crippen molar-refractivity contribution in [2.75, 3.05) is 0 Å². The number of hydroxylamine groups is 2. The van der Waals surface area contributed by atoms with Crippen LogP contribution in [0.15, 0.2) is 0 Å². The third-order valence-corrected chi connectivity index (χ3v) is 6.27. The number of fused-ring (bicyclic) bond motifs is 1. The molecule has 29 heavy (non-hydrogen) atoms. The van der Waals surface area contributed by atoms with Crippen LogP contribution >= 0.6 is 0 Å². The maximum atomic E-state index is 12.4. The summed E-state index contributed by atoms with van der Waals surface area (Å²) in [6.45, 7) is 10.3. The molecule has 0 aromatic heterocycles. The Hall–Kier alpha value is -0.612. The van der Waals surface area contributed by atoms with Crippen LogP contribution in [-0.2, 0) is 40.3 Å². The summed E-state index contributed by atoms with van der Waals surface area (Å²) >= 11 is 0. The zero-order valence-corrected chi connectivity index (χ0v) is 19.9. The van der Waals surface area contributed by atoms with Gasteiger partial charge in [-0.25, -0.2) is 9.59 Å². The number of aliphatic hydroxyl groups is 2. The van der Waals surface area contributed by atoms with Crippen molar-refractivity contribution in [3.63, 3.8) is 0 Å². The van der Waals surface area contributed by atoms with Gasteiger partial charge in [-0.1, -0.05) is 41.5 Å². The molecule has 0 aromatic rings. The van der Waals surface area contributed by atoms with Crippen molar-refractivity contribution < 1.29 is 50.5 Å². The summed E-state index contributed by atoms with van der Waals surface area (Å²) in [6.07, 6.45) is 2.36. The van der Waals surface area contributed by atoms with E-state index in [1.807, 2.05) is 0 Å². The van der Waals surface area contributed by atoms with Gasteiger partial charge in [-0.05, 0) is 25.7 Å². The summed E-state index contributed by atoms with van der Waals surface area (Å²) in [4.78, 5) is 35.3. The second kappa shape index (κ2) is 7.22. The average molecular weight is 596 g/mol. The van der Waals surface area contributed by atoms with E-state index in [2.05, 4.69) is 21.6 Å². The van der Waals surface area contributed by atoms with E-state index < -0.39 is 45.5 Å². The van der Waals surface area contributed by atoms with E-state index in [4.69, 9.17) is 9.68 Å². The minimum atomic E-state index is -2.01. The van der Waals surface area contributed by atoms with Crippen molar-refractivity contribution in [2.45, 2.75) is 90.0 Å². The van der Waals surface area contributed by atoms with Gasteiger partial charge in [0.05, 0.1) is 0 Å². The molecule has 0 bridgehead atoms. The van der Waals surface area contributed by atoms with Gasteiger partial charge in [0.25, 0.3) is 0 Å². The number of hydrogen-bond donors (Lipinski definition) is 6. The predicted molar refractivity (Wildman–Crippen MR) is 97.5 cm³/mol. The molecule has 1 unspecified atom stereocenters. The Morgan fingerprint density at radius 2 is 1.07 bits per heavy atom.